The number of hydrogen-bond donors (Lipinski definition) is 1. The predicted octanol–water partition coefficient (Wildman–Crippen LogP) is 4.13. The van der Waals surface area contributed by atoms with E-state index in [1.165, 1.54) is 32.1 Å². The van der Waals surface area contributed by atoms with E-state index in [0.29, 0.717) is 12.6 Å². The van der Waals surface area contributed by atoms with Crippen molar-refractivity contribution in [2.75, 3.05) is 18.7 Å². The molecule has 0 radical (unpaired) electrons. The first kappa shape index (κ1) is 16.2. The molecule has 1 heterocycles. The molecular weight excluding hydrogens is 308 g/mol. The summed E-state index contributed by atoms with van der Waals surface area (Å²) in [5, 5.41) is 13.3. The van der Waals surface area contributed by atoms with Crippen molar-refractivity contribution in [3.05, 3.63) is 30.1 Å². The van der Waals surface area contributed by atoms with Gasteiger partial charge in [-0.3, -0.25) is 0 Å². The molecule has 5 nitrogen and oxygen atoms in total. The molecule has 1 aromatic heterocycles. The Balaban J connectivity index is 1.75. The number of ether oxygens (including phenoxy) is 1. The van der Waals surface area contributed by atoms with Gasteiger partial charge in [0.05, 0.1) is 13.7 Å². The minimum absolute atomic E-state index is 0.545. The zero-order valence-corrected chi connectivity index (χ0v) is 14.6. The molecule has 1 fully saturated rings. The lowest BCUT2D eigenvalue weighted by atomic mass is 9.95. The summed E-state index contributed by atoms with van der Waals surface area (Å²) in [5.41, 5.74) is 1.04. The zero-order chi connectivity index (χ0) is 16.1. The highest BCUT2D eigenvalue weighted by Crippen LogP contribution is 2.32. The van der Waals surface area contributed by atoms with Crippen molar-refractivity contribution < 1.29 is 4.74 Å². The topological polar surface area (TPSA) is 52.0 Å². The third-order valence-electron chi connectivity index (χ3n) is 4.38. The Morgan fingerprint density at radius 1 is 1.26 bits per heavy atom. The van der Waals surface area contributed by atoms with Crippen molar-refractivity contribution >= 4 is 17.4 Å². The molecule has 124 valence electrons. The van der Waals surface area contributed by atoms with E-state index in [1.54, 1.807) is 18.9 Å². The van der Waals surface area contributed by atoms with Crippen LogP contribution in [0.1, 0.15) is 44.0 Å². The van der Waals surface area contributed by atoms with E-state index >= 15 is 0 Å². The monoisotopic (exact) mass is 332 g/mol. The fourth-order valence-electron chi connectivity index (χ4n) is 3.19. The summed E-state index contributed by atoms with van der Waals surface area (Å²) in [6, 6.07) is 8.51. The summed E-state index contributed by atoms with van der Waals surface area (Å²) in [7, 11) is 1.68. The van der Waals surface area contributed by atoms with Gasteiger partial charge in [-0.15, -0.1) is 10.2 Å². The minimum Gasteiger partial charge on any atom is -0.497 e. The maximum Gasteiger partial charge on any atom is 0.191 e. The van der Waals surface area contributed by atoms with Crippen molar-refractivity contribution in [3.8, 4) is 5.75 Å². The molecule has 23 heavy (non-hydrogen) atoms. The summed E-state index contributed by atoms with van der Waals surface area (Å²) in [4.78, 5) is 0. The highest BCUT2D eigenvalue weighted by atomic mass is 32.2. The van der Waals surface area contributed by atoms with Crippen molar-refractivity contribution in [1.29, 1.82) is 0 Å². The Labute approximate surface area is 141 Å². The van der Waals surface area contributed by atoms with E-state index in [1.807, 2.05) is 24.3 Å². The SMILES string of the molecule is COc1cccc(NCc2nnc(SC)n2C2CCCCC2)c1. The van der Waals surface area contributed by atoms with Crippen molar-refractivity contribution in [3.63, 3.8) is 0 Å². The van der Waals surface area contributed by atoms with Crippen LogP contribution in [0.5, 0.6) is 5.75 Å². The average Bonchev–Trinajstić information content (AvgIpc) is 3.04. The smallest absolute Gasteiger partial charge is 0.191 e. The molecule has 1 N–H and O–H groups in total. The van der Waals surface area contributed by atoms with Crippen LogP contribution in [0.2, 0.25) is 0 Å². The van der Waals surface area contributed by atoms with Gasteiger partial charge in [0.2, 0.25) is 0 Å². The van der Waals surface area contributed by atoms with Gasteiger partial charge in [0.25, 0.3) is 0 Å². The molecule has 0 saturated heterocycles. The number of aromatic nitrogens is 3. The summed E-state index contributed by atoms with van der Waals surface area (Å²) in [6.07, 6.45) is 8.50. The lowest BCUT2D eigenvalue weighted by Crippen LogP contribution is -2.18. The van der Waals surface area contributed by atoms with Gasteiger partial charge in [-0.25, -0.2) is 0 Å². The second-order valence-corrected chi connectivity index (χ2v) is 6.62. The molecule has 0 bridgehead atoms. The van der Waals surface area contributed by atoms with Crippen LogP contribution in [0.4, 0.5) is 5.69 Å². The first-order valence-electron chi connectivity index (χ1n) is 8.17. The van der Waals surface area contributed by atoms with Crippen LogP contribution >= 0.6 is 11.8 Å². The molecule has 6 heteroatoms. The number of hydrogen-bond acceptors (Lipinski definition) is 5. The highest BCUT2D eigenvalue weighted by Gasteiger charge is 2.22. The van der Waals surface area contributed by atoms with Gasteiger partial charge in [-0.1, -0.05) is 37.1 Å². The van der Waals surface area contributed by atoms with Gasteiger partial charge in [0.1, 0.15) is 5.75 Å². The Morgan fingerprint density at radius 2 is 2.09 bits per heavy atom. The van der Waals surface area contributed by atoms with E-state index in [0.717, 1.165) is 22.4 Å². The first-order valence-corrected chi connectivity index (χ1v) is 9.40. The lowest BCUT2D eigenvalue weighted by Gasteiger charge is -2.25. The van der Waals surface area contributed by atoms with E-state index in [2.05, 4.69) is 26.3 Å². The molecule has 0 atom stereocenters. The van der Waals surface area contributed by atoms with Crippen LogP contribution in [-0.2, 0) is 6.54 Å². The predicted molar refractivity (Wildman–Crippen MR) is 94.2 cm³/mol. The number of thioether (sulfide) groups is 1. The first-order chi connectivity index (χ1) is 11.3. The Kier molecular flexibility index (Phi) is 5.43. The minimum atomic E-state index is 0.545. The molecule has 0 spiro atoms. The summed E-state index contributed by atoms with van der Waals surface area (Å²) in [5.74, 6) is 1.87. The molecule has 2 aromatic rings. The van der Waals surface area contributed by atoms with Gasteiger partial charge in [-0.2, -0.15) is 0 Å². The van der Waals surface area contributed by atoms with Gasteiger partial charge < -0.3 is 14.6 Å². The van der Waals surface area contributed by atoms with Gasteiger partial charge in [0.15, 0.2) is 11.0 Å². The maximum atomic E-state index is 5.27. The largest absolute Gasteiger partial charge is 0.497 e. The normalized spacial score (nSPS) is 15.6. The van der Waals surface area contributed by atoms with Gasteiger partial charge in [0, 0.05) is 17.8 Å². The van der Waals surface area contributed by atoms with E-state index in [4.69, 9.17) is 4.74 Å². The fourth-order valence-corrected chi connectivity index (χ4v) is 3.76. The second kappa shape index (κ2) is 7.73. The maximum absolute atomic E-state index is 5.27. The van der Waals surface area contributed by atoms with Crippen molar-refractivity contribution in [2.24, 2.45) is 0 Å². The number of methoxy groups -OCH3 is 1. The van der Waals surface area contributed by atoms with Crippen LogP contribution in [0.15, 0.2) is 29.4 Å². The quantitative estimate of drug-likeness (QED) is 0.806. The van der Waals surface area contributed by atoms with E-state index < -0.39 is 0 Å². The van der Waals surface area contributed by atoms with Crippen molar-refractivity contribution in [2.45, 2.75) is 49.8 Å². The van der Waals surface area contributed by atoms with E-state index in [-0.39, 0.29) is 0 Å². The Hall–Kier alpha value is -1.69. The molecule has 0 unspecified atom stereocenters. The molecule has 0 amide bonds. The Morgan fingerprint density at radius 3 is 2.83 bits per heavy atom. The molecule has 0 aliphatic heterocycles. The second-order valence-electron chi connectivity index (χ2n) is 5.85. The van der Waals surface area contributed by atoms with Crippen LogP contribution in [0.25, 0.3) is 0 Å². The Bertz CT molecular complexity index is 637. The van der Waals surface area contributed by atoms with Crippen molar-refractivity contribution in [1.82, 2.24) is 14.8 Å². The zero-order valence-electron chi connectivity index (χ0n) is 13.8. The van der Waals surface area contributed by atoms with Gasteiger partial charge >= 0.3 is 0 Å². The van der Waals surface area contributed by atoms with Crippen LogP contribution in [0, 0.1) is 0 Å². The highest BCUT2D eigenvalue weighted by molar-refractivity contribution is 7.98. The molecular formula is C17H24N4OS. The number of nitrogens with zero attached hydrogens (tertiary/aromatic N) is 3. The third-order valence-corrected chi connectivity index (χ3v) is 5.02. The number of anilines is 1. The average molecular weight is 332 g/mol. The number of benzene rings is 1. The molecule has 3 rings (SSSR count). The fraction of sp³-hybridized carbons (Fsp3) is 0.529. The molecule has 1 aliphatic carbocycles. The van der Waals surface area contributed by atoms with Crippen LogP contribution < -0.4 is 10.1 Å². The number of nitrogens with one attached hydrogen (secondary N) is 1. The van der Waals surface area contributed by atoms with Crippen LogP contribution in [0.3, 0.4) is 0 Å². The van der Waals surface area contributed by atoms with Gasteiger partial charge in [-0.05, 0) is 31.2 Å². The molecule has 1 saturated carbocycles. The lowest BCUT2D eigenvalue weighted by molar-refractivity contribution is 0.330. The summed E-state index contributed by atoms with van der Waals surface area (Å²) < 4.78 is 7.62. The summed E-state index contributed by atoms with van der Waals surface area (Å²) in [6.45, 7) is 0.678. The molecule has 1 aromatic carbocycles. The summed E-state index contributed by atoms with van der Waals surface area (Å²) >= 11 is 1.68. The molecule has 1 aliphatic rings. The number of rotatable bonds is 6. The standard InChI is InChI=1S/C17H24N4OS/c1-22-15-10-6-7-13(11-15)18-12-16-19-20-17(23-2)21(16)14-8-4-3-5-9-14/h6-7,10-11,14,18H,3-5,8-9,12H2,1-2H3. The third kappa shape index (κ3) is 3.80. The van der Waals surface area contributed by atoms with E-state index in [9.17, 15) is 0 Å². The van der Waals surface area contributed by atoms with Crippen LogP contribution in [-0.4, -0.2) is 28.1 Å².